The third-order valence-corrected chi connectivity index (χ3v) is 3.45. The Morgan fingerprint density at radius 1 is 1.42 bits per heavy atom. The highest BCUT2D eigenvalue weighted by Gasteiger charge is 2.13. The molecular weight excluding hydrogens is 283 g/mol. The van der Waals surface area contributed by atoms with Gasteiger partial charge in [-0.3, -0.25) is 4.68 Å². The summed E-state index contributed by atoms with van der Waals surface area (Å²) in [5.74, 6) is 0. The van der Waals surface area contributed by atoms with Gasteiger partial charge in [0, 0.05) is 18.3 Å². The number of hydrogen-bond acceptors (Lipinski definition) is 3. The van der Waals surface area contributed by atoms with Crippen LogP contribution in [0.3, 0.4) is 0 Å². The molecule has 0 fully saturated rings. The summed E-state index contributed by atoms with van der Waals surface area (Å²) in [6.07, 6.45) is 3.87. The zero-order valence-electron chi connectivity index (χ0n) is 11.1. The van der Waals surface area contributed by atoms with Crippen molar-refractivity contribution in [3.8, 4) is 0 Å². The van der Waals surface area contributed by atoms with Crippen LogP contribution in [0.15, 0.2) is 18.5 Å². The molecule has 2 rings (SSSR count). The smallest absolute Gasteiger partial charge is 0.154 e. The fourth-order valence-electron chi connectivity index (χ4n) is 1.84. The summed E-state index contributed by atoms with van der Waals surface area (Å²) < 4.78 is 1.89. The average Bonchev–Trinajstić information content (AvgIpc) is 2.82. The molecule has 2 aromatic heterocycles. The van der Waals surface area contributed by atoms with E-state index < -0.39 is 0 Å². The van der Waals surface area contributed by atoms with Crippen LogP contribution in [-0.4, -0.2) is 14.8 Å². The van der Waals surface area contributed by atoms with Crippen molar-refractivity contribution in [1.29, 1.82) is 0 Å². The normalized spacial score (nSPS) is 12.5. The molecule has 0 saturated carbocycles. The van der Waals surface area contributed by atoms with Crippen LogP contribution < -0.4 is 5.32 Å². The Bertz CT molecular complexity index is 557. The summed E-state index contributed by atoms with van der Waals surface area (Å²) in [7, 11) is 0. The van der Waals surface area contributed by atoms with Gasteiger partial charge in [-0.25, -0.2) is 4.98 Å². The Hall–Kier alpha value is -1.26. The standard InChI is InChI=1S/C13H16Cl2N4/c1-4-19-7-10(6-16-19)9(3)17-12-8(2)5-11(14)18-13(12)15/h5-7,9,17H,4H2,1-3H3. The van der Waals surface area contributed by atoms with E-state index in [0.29, 0.717) is 10.3 Å². The highest BCUT2D eigenvalue weighted by molar-refractivity contribution is 6.34. The quantitative estimate of drug-likeness (QED) is 0.865. The lowest BCUT2D eigenvalue weighted by molar-refractivity contribution is 0.658. The average molecular weight is 299 g/mol. The number of aromatic nitrogens is 3. The van der Waals surface area contributed by atoms with E-state index in [0.717, 1.165) is 23.4 Å². The first-order valence-electron chi connectivity index (χ1n) is 6.12. The molecule has 0 spiro atoms. The lowest BCUT2D eigenvalue weighted by Gasteiger charge is -2.16. The third-order valence-electron chi connectivity index (χ3n) is 2.98. The van der Waals surface area contributed by atoms with Crippen LogP contribution in [0.25, 0.3) is 0 Å². The molecule has 0 aliphatic rings. The van der Waals surface area contributed by atoms with Gasteiger partial charge >= 0.3 is 0 Å². The van der Waals surface area contributed by atoms with Gasteiger partial charge in [0.15, 0.2) is 5.15 Å². The van der Waals surface area contributed by atoms with E-state index in [1.54, 1.807) is 6.07 Å². The highest BCUT2D eigenvalue weighted by atomic mass is 35.5. The lowest BCUT2D eigenvalue weighted by atomic mass is 10.1. The van der Waals surface area contributed by atoms with Crippen molar-refractivity contribution < 1.29 is 0 Å². The molecular formula is C13H16Cl2N4. The number of hydrogen-bond donors (Lipinski definition) is 1. The van der Waals surface area contributed by atoms with Gasteiger partial charge < -0.3 is 5.32 Å². The highest BCUT2D eigenvalue weighted by Crippen LogP contribution is 2.29. The Kier molecular flexibility index (Phi) is 4.32. The van der Waals surface area contributed by atoms with Crippen molar-refractivity contribution in [2.45, 2.75) is 33.4 Å². The molecule has 0 amide bonds. The summed E-state index contributed by atoms with van der Waals surface area (Å²) >= 11 is 12.0. The molecule has 1 unspecified atom stereocenters. The maximum atomic E-state index is 6.12. The van der Waals surface area contributed by atoms with Gasteiger partial charge in [0.2, 0.25) is 0 Å². The lowest BCUT2D eigenvalue weighted by Crippen LogP contribution is -2.08. The predicted octanol–water partition coefficient (Wildman–Crippen LogP) is 4.09. The Morgan fingerprint density at radius 3 is 2.74 bits per heavy atom. The zero-order chi connectivity index (χ0) is 14.0. The summed E-state index contributed by atoms with van der Waals surface area (Å²) in [4.78, 5) is 4.05. The van der Waals surface area contributed by atoms with Crippen molar-refractivity contribution in [1.82, 2.24) is 14.8 Å². The number of halogens is 2. The summed E-state index contributed by atoms with van der Waals surface area (Å²) in [6, 6.07) is 1.89. The second-order valence-corrected chi connectivity index (χ2v) is 5.17. The molecule has 6 heteroatoms. The molecule has 19 heavy (non-hydrogen) atoms. The SMILES string of the molecule is CCn1cc(C(C)Nc2c(C)cc(Cl)nc2Cl)cn1. The topological polar surface area (TPSA) is 42.7 Å². The monoisotopic (exact) mass is 298 g/mol. The van der Waals surface area contributed by atoms with Gasteiger partial charge in [0.05, 0.1) is 17.9 Å². The van der Waals surface area contributed by atoms with Crippen molar-refractivity contribution in [3.05, 3.63) is 39.9 Å². The number of nitrogens with zero attached hydrogens (tertiary/aromatic N) is 3. The first-order valence-corrected chi connectivity index (χ1v) is 6.88. The molecule has 1 atom stereocenters. The molecule has 102 valence electrons. The minimum atomic E-state index is 0.0967. The van der Waals surface area contributed by atoms with Crippen LogP contribution in [0.5, 0.6) is 0 Å². The third kappa shape index (κ3) is 3.19. The Labute approximate surface area is 122 Å². The molecule has 1 N–H and O–H groups in total. The summed E-state index contributed by atoms with van der Waals surface area (Å²) in [5.41, 5.74) is 2.88. The molecule has 0 bridgehead atoms. The maximum Gasteiger partial charge on any atom is 0.154 e. The van der Waals surface area contributed by atoms with Crippen molar-refractivity contribution in [2.24, 2.45) is 0 Å². The van der Waals surface area contributed by atoms with Crippen molar-refractivity contribution in [2.75, 3.05) is 5.32 Å². The number of aryl methyl sites for hydroxylation is 2. The van der Waals surface area contributed by atoms with Crippen molar-refractivity contribution >= 4 is 28.9 Å². The molecule has 2 heterocycles. The first kappa shape index (κ1) is 14.2. The van der Waals surface area contributed by atoms with Gasteiger partial charge in [-0.2, -0.15) is 5.10 Å². The largest absolute Gasteiger partial charge is 0.376 e. The second kappa shape index (κ2) is 5.80. The molecule has 2 aromatic rings. The first-order chi connectivity index (χ1) is 9.01. The fraction of sp³-hybridized carbons (Fsp3) is 0.385. The summed E-state index contributed by atoms with van der Waals surface area (Å²) in [6.45, 7) is 6.92. The predicted molar refractivity (Wildman–Crippen MR) is 78.9 cm³/mol. The summed E-state index contributed by atoms with van der Waals surface area (Å²) in [5, 5.41) is 8.41. The van der Waals surface area contributed by atoms with Crippen LogP contribution in [0.1, 0.15) is 31.0 Å². The molecule has 0 aliphatic carbocycles. The van der Waals surface area contributed by atoms with Crippen LogP contribution in [0.4, 0.5) is 5.69 Å². The Balaban J connectivity index is 2.21. The van der Waals surface area contributed by atoms with Crippen LogP contribution >= 0.6 is 23.2 Å². The second-order valence-electron chi connectivity index (χ2n) is 4.42. The molecule has 0 aliphatic heterocycles. The number of rotatable bonds is 4. The van der Waals surface area contributed by atoms with Gasteiger partial charge in [0.25, 0.3) is 0 Å². The van der Waals surface area contributed by atoms with Gasteiger partial charge in [-0.15, -0.1) is 0 Å². The van der Waals surface area contributed by atoms with E-state index in [2.05, 4.69) is 29.2 Å². The minimum Gasteiger partial charge on any atom is -0.376 e. The fourth-order valence-corrected chi connectivity index (χ4v) is 2.43. The number of pyridine rings is 1. The van der Waals surface area contributed by atoms with E-state index >= 15 is 0 Å². The molecule has 4 nitrogen and oxygen atoms in total. The van der Waals surface area contributed by atoms with Crippen LogP contribution in [0.2, 0.25) is 10.3 Å². The maximum absolute atomic E-state index is 6.12. The van der Waals surface area contributed by atoms with E-state index in [4.69, 9.17) is 23.2 Å². The van der Waals surface area contributed by atoms with Crippen molar-refractivity contribution in [3.63, 3.8) is 0 Å². The van der Waals surface area contributed by atoms with E-state index in [9.17, 15) is 0 Å². The number of anilines is 1. The molecule has 0 aromatic carbocycles. The van der Waals surface area contributed by atoms with Gasteiger partial charge in [-0.05, 0) is 32.4 Å². The van der Waals surface area contributed by atoms with Crippen LogP contribution in [0, 0.1) is 6.92 Å². The van der Waals surface area contributed by atoms with E-state index in [1.807, 2.05) is 24.0 Å². The molecule has 0 radical (unpaired) electrons. The zero-order valence-corrected chi connectivity index (χ0v) is 12.6. The van der Waals surface area contributed by atoms with Crippen LogP contribution in [-0.2, 0) is 6.54 Å². The van der Waals surface area contributed by atoms with Gasteiger partial charge in [0.1, 0.15) is 5.15 Å². The minimum absolute atomic E-state index is 0.0967. The molecule has 0 saturated heterocycles. The van der Waals surface area contributed by atoms with E-state index in [1.165, 1.54) is 0 Å². The Morgan fingerprint density at radius 2 is 2.16 bits per heavy atom. The number of nitrogens with one attached hydrogen (secondary N) is 1. The van der Waals surface area contributed by atoms with E-state index in [-0.39, 0.29) is 6.04 Å². The van der Waals surface area contributed by atoms with Gasteiger partial charge in [-0.1, -0.05) is 23.2 Å².